The van der Waals surface area contributed by atoms with Crippen LogP contribution in [0.5, 0.6) is 0 Å². The van der Waals surface area contributed by atoms with Gasteiger partial charge < -0.3 is 0 Å². The SMILES string of the molecule is O=C(/C=C1\SC(=O)NC1=O)Nc1nnc(CCl)s1. The number of nitrogens with one attached hydrogen (secondary N) is 2. The molecule has 0 unspecified atom stereocenters. The second kappa shape index (κ2) is 5.46. The van der Waals surface area contributed by atoms with Crippen LogP contribution in [0.4, 0.5) is 9.93 Å². The molecule has 94 valence electrons. The summed E-state index contributed by atoms with van der Waals surface area (Å²) in [5.74, 6) is -0.931. The van der Waals surface area contributed by atoms with E-state index in [2.05, 4.69) is 15.5 Å². The van der Waals surface area contributed by atoms with E-state index in [1.165, 1.54) is 0 Å². The highest BCUT2D eigenvalue weighted by Crippen LogP contribution is 2.23. The smallest absolute Gasteiger partial charge is 0.290 e. The van der Waals surface area contributed by atoms with Crippen LogP contribution in [0.3, 0.4) is 0 Å². The van der Waals surface area contributed by atoms with E-state index >= 15 is 0 Å². The number of aromatic nitrogens is 2. The van der Waals surface area contributed by atoms with Crippen LogP contribution in [0, 0.1) is 0 Å². The number of hydrogen-bond acceptors (Lipinski definition) is 7. The quantitative estimate of drug-likeness (QED) is 0.640. The number of rotatable bonds is 3. The fraction of sp³-hybridized carbons (Fsp3) is 0.125. The van der Waals surface area contributed by atoms with Gasteiger partial charge in [0.15, 0.2) is 0 Å². The molecule has 0 bridgehead atoms. The van der Waals surface area contributed by atoms with E-state index in [0.29, 0.717) is 16.8 Å². The minimum atomic E-state index is -0.584. The molecule has 0 saturated carbocycles. The molecule has 2 rings (SSSR count). The third-order valence-electron chi connectivity index (χ3n) is 1.72. The van der Waals surface area contributed by atoms with Crippen molar-refractivity contribution in [2.45, 2.75) is 5.88 Å². The molecule has 1 aliphatic heterocycles. The van der Waals surface area contributed by atoms with Crippen molar-refractivity contribution in [3.8, 4) is 0 Å². The molecule has 3 amide bonds. The first-order valence-corrected chi connectivity index (χ1v) is 6.69. The highest BCUT2D eigenvalue weighted by Gasteiger charge is 2.26. The van der Waals surface area contributed by atoms with Gasteiger partial charge in [-0.25, -0.2) is 0 Å². The number of imide groups is 1. The van der Waals surface area contributed by atoms with E-state index in [9.17, 15) is 14.4 Å². The molecule has 1 aromatic heterocycles. The molecule has 2 N–H and O–H groups in total. The second-order valence-corrected chi connectivity index (χ2v) is 5.32. The van der Waals surface area contributed by atoms with Gasteiger partial charge in [0, 0.05) is 6.08 Å². The van der Waals surface area contributed by atoms with E-state index in [0.717, 1.165) is 17.4 Å². The maximum atomic E-state index is 11.5. The van der Waals surface area contributed by atoms with Crippen LogP contribution < -0.4 is 10.6 Å². The van der Waals surface area contributed by atoms with Gasteiger partial charge in [-0.1, -0.05) is 11.3 Å². The van der Waals surface area contributed by atoms with Gasteiger partial charge in [-0.15, -0.1) is 21.8 Å². The van der Waals surface area contributed by atoms with E-state index in [1.54, 1.807) is 0 Å². The van der Waals surface area contributed by atoms with Gasteiger partial charge in [0.1, 0.15) is 5.01 Å². The Bertz CT molecular complexity index is 556. The average molecular weight is 305 g/mol. The minimum absolute atomic E-state index is 0.0413. The zero-order valence-corrected chi connectivity index (χ0v) is 11.0. The van der Waals surface area contributed by atoms with Crippen LogP contribution in [0.15, 0.2) is 11.0 Å². The molecule has 0 aliphatic carbocycles. The first-order chi connectivity index (χ1) is 8.58. The van der Waals surface area contributed by atoms with Gasteiger partial charge in [-0.05, 0) is 11.8 Å². The first-order valence-electron chi connectivity index (χ1n) is 4.52. The number of halogens is 1. The molecule has 0 atom stereocenters. The number of hydrogen-bond donors (Lipinski definition) is 2. The lowest BCUT2D eigenvalue weighted by Crippen LogP contribution is -2.18. The molecule has 10 heteroatoms. The Kier molecular flexibility index (Phi) is 3.94. The summed E-state index contributed by atoms with van der Waals surface area (Å²) in [5, 5.41) is 12.2. The molecule has 1 aromatic rings. The predicted molar refractivity (Wildman–Crippen MR) is 67.3 cm³/mol. The van der Waals surface area contributed by atoms with Gasteiger partial charge in [-0.3, -0.25) is 25.0 Å². The van der Waals surface area contributed by atoms with Crippen LogP contribution in [0.2, 0.25) is 0 Å². The van der Waals surface area contributed by atoms with Crippen LogP contribution >= 0.6 is 34.7 Å². The number of carbonyl (C=O) groups excluding carboxylic acids is 3. The van der Waals surface area contributed by atoms with Gasteiger partial charge in [0.25, 0.3) is 17.1 Å². The van der Waals surface area contributed by atoms with Gasteiger partial charge >= 0.3 is 0 Å². The average Bonchev–Trinajstić information content (AvgIpc) is 2.86. The highest BCUT2D eigenvalue weighted by molar-refractivity contribution is 8.18. The maximum Gasteiger partial charge on any atom is 0.290 e. The van der Waals surface area contributed by atoms with Crippen molar-refractivity contribution < 1.29 is 14.4 Å². The zero-order valence-electron chi connectivity index (χ0n) is 8.60. The fourth-order valence-electron chi connectivity index (χ4n) is 1.04. The Balaban J connectivity index is 2.02. The summed E-state index contributed by atoms with van der Waals surface area (Å²) in [6.45, 7) is 0. The molecular weight excluding hydrogens is 300 g/mol. The molecule has 1 aliphatic rings. The Hall–Kier alpha value is -1.45. The van der Waals surface area contributed by atoms with Crippen LogP contribution in [0.25, 0.3) is 0 Å². The van der Waals surface area contributed by atoms with E-state index in [4.69, 9.17) is 11.6 Å². The van der Waals surface area contributed by atoms with Crippen molar-refractivity contribution in [1.82, 2.24) is 15.5 Å². The lowest BCUT2D eigenvalue weighted by Gasteiger charge is -1.95. The Labute approximate surface area is 114 Å². The van der Waals surface area contributed by atoms with E-state index in [1.807, 2.05) is 5.32 Å². The van der Waals surface area contributed by atoms with Crippen molar-refractivity contribution in [3.05, 3.63) is 16.0 Å². The number of thioether (sulfide) groups is 1. The van der Waals surface area contributed by atoms with Gasteiger partial charge in [0.05, 0.1) is 10.8 Å². The predicted octanol–water partition coefficient (Wildman–Crippen LogP) is 1.08. The number of anilines is 1. The molecule has 0 aromatic carbocycles. The molecule has 18 heavy (non-hydrogen) atoms. The van der Waals surface area contributed by atoms with Crippen LogP contribution in [0.1, 0.15) is 5.01 Å². The normalized spacial score (nSPS) is 17.1. The third kappa shape index (κ3) is 3.06. The molecule has 1 saturated heterocycles. The first kappa shape index (κ1) is 13.0. The number of alkyl halides is 1. The summed E-state index contributed by atoms with van der Waals surface area (Å²) in [5.41, 5.74) is 0. The minimum Gasteiger partial charge on any atom is -0.297 e. The molecule has 1 fully saturated rings. The Morgan fingerprint density at radius 2 is 2.22 bits per heavy atom. The fourth-order valence-corrected chi connectivity index (χ4v) is 2.50. The Morgan fingerprint density at radius 3 is 2.78 bits per heavy atom. The van der Waals surface area contributed by atoms with Crippen molar-refractivity contribution in [2.24, 2.45) is 0 Å². The standard InChI is InChI=1S/C8H5ClN4O3S2/c9-2-5-12-13-7(18-5)10-4(14)1-3-6(15)11-8(16)17-3/h1H,2H2,(H,10,13,14)(H,11,15,16)/b3-1-. The van der Waals surface area contributed by atoms with Gasteiger partial charge in [-0.2, -0.15) is 0 Å². The maximum absolute atomic E-state index is 11.5. The third-order valence-corrected chi connectivity index (χ3v) is 3.78. The Morgan fingerprint density at radius 1 is 1.44 bits per heavy atom. The summed E-state index contributed by atoms with van der Waals surface area (Å²) < 4.78 is 0. The van der Waals surface area contributed by atoms with Crippen LogP contribution in [-0.2, 0) is 15.5 Å². The van der Waals surface area contributed by atoms with Gasteiger partial charge in [0.2, 0.25) is 5.13 Å². The number of nitrogens with zero attached hydrogens (tertiary/aromatic N) is 2. The van der Waals surface area contributed by atoms with Crippen molar-refractivity contribution in [3.63, 3.8) is 0 Å². The van der Waals surface area contributed by atoms with Crippen molar-refractivity contribution in [1.29, 1.82) is 0 Å². The summed E-state index contributed by atoms with van der Waals surface area (Å²) in [7, 11) is 0. The van der Waals surface area contributed by atoms with Crippen molar-refractivity contribution >= 4 is 56.9 Å². The summed E-state index contributed by atoms with van der Waals surface area (Å²) in [6, 6.07) is 0. The lowest BCUT2D eigenvalue weighted by molar-refractivity contribution is -0.116. The summed E-state index contributed by atoms with van der Waals surface area (Å²) in [4.78, 5) is 33.6. The largest absolute Gasteiger partial charge is 0.297 e. The lowest BCUT2D eigenvalue weighted by atomic mass is 10.4. The van der Waals surface area contributed by atoms with Crippen molar-refractivity contribution in [2.75, 3.05) is 5.32 Å². The molecular formula is C8H5ClN4O3S2. The number of amides is 3. The number of carbonyl (C=O) groups is 3. The molecule has 0 spiro atoms. The highest BCUT2D eigenvalue weighted by atomic mass is 35.5. The van der Waals surface area contributed by atoms with E-state index < -0.39 is 17.1 Å². The topological polar surface area (TPSA) is 101 Å². The monoisotopic (exact) mass is 304 g/mol. The molecule has 7 nitrogen and oxygen atoms in total. The second-order valence-electron chi connectivity index (χ2n) is 2.98. The molecule has 2 heterocycles. The summed E-state index contributed by atoms with van der Waals surface area (Å²) >= 11 is 7.34. The van der Waals surface area contributed by atoms with Crippen LogP contribution in [-0.4, -0.2) is 27.3 Å². The zero-order chi connectivity index (χ0) is 13.1. The van der Waals surface area contributed by atoms with E-state index in [-0.39, 0.29) is 15.9 Å². The molecule has 0 radical (unpaired) electrons. The summed E-state index contributed by atoms with van der Waals surface area (Å²) in [6.07, 6.45) is 1.03.